The van der Waals surface area contributed by atoms with Crippen LogP contribution in [0.2, 0.25) is 0 Å². The molecule has 0 aliphatic carbocycles. The summed E-state index contributed by atoms with van der Waals surface area (Å²) in [6.45, 7) is 6.33. The molecule has 6 heteroatoms. The van der Waals surface area contributed by atoms with Gasteiger partial charge < -0.3 is 9.47 Å². The number of ether oxygens (including phenoxy) is 2. The van der Waals surface area contributed by atoms with Crippen molar-refractivity contribution in [1.82, 2.24) is 5.43 Å². The smallest absolute Gasteiger partial charge is 0.271 e. The van der Waals surface area contributed by atoms with Gasteiger partial charge >= 0.3 is 0 Å². The largest absolute Gasteiger partial charge is 0.493 e. The van der Waals surface area contributed by atoms with E-state index in [1.807, 2.05) is 32.9 Å². The molecule has 5 nitrogen and oxygen atoms in total. The van der Waals surface area contributed by atoms with Crippen LogP contribution >= 0.6 is 11.3 Å². The first kappa shape index (κ1) is 17.0. The molecule has 122 valence electrons. The number of benzene rings is 1. The van der Waals surface area contributed by atoms with Crippen LogP contribution in [0.15, 0.2) is 35.4 Å². The van der Waals surface area contributed by atoms with E-state index in [0.29, 0.717) is 23.7 Å². The van der Waals surface area contributed by atoms with Gasteiger partial charge in [-0.05, 0) is 51.1 Å². The Bertz CT molecular complexity index is 722. The lowest BCUT2D eigenvalue weighted by Crippen LogP contribution is -2.19. The molecule has 2 aromatic rings. The molecule has 1 heterocycles. The van der Waals surface area contributed by atoms with Gasteiger partial charge in [0.15, 0.2) is 11.5 Å². The number of nitrogens with one attached hydrogen (secondary N) is 1. The molecule has 0 aliphatic heterocycles. The molecule has 0 atom stereocenters. The highest BCUT2D eigenvalue weighted by Crippen LogP contribution is 2.28. The molecule has 0 fully saturated rings. The molecular weight excluding hydrogens is 312 g/mol. The zero-order chi connectivity index (χ0) is 16.8. The van der Waals surface area contributed by atoms with Crippen molar-refractivity contribution in [1.29, 1.82) is 0 Å². The van der Waals surface area contributed by atoms with Gasteiger partial charge in [0.2, 0.25) is 0 Å². The summed E-state index contributed by atoms with van der Waals surface area (Å²) in [5.74, 6) is 0.841. The Labute approximate surface area is 139 Å². The van der Waals surface area contributed by atoms with Gasteiger partial charge in [-0.3, -0.25) is 4.79 Å². The third kappa shape index (κ3) is 4.32. The van der Waals surface area contributed by atoms with Crippen molar-refractivity contribution in [3.8, 4) is 11.5 Å². The Balaban J connectivity index is 2.11. The van der Waals surface area contributed by atoms with Crippen molar-refractivity contribution < 1.29 is 14.3 Å². The van der Waals surface area contributed by atoms with Gasteiger partial charge in [-0.1, -0.05) is 0 Å². The summed E-state index contributed by atoms with van der Waals surface area (Å²) < 4.78 is 10.7. The van der Waals surface area contributed by atoms with E-state index < -0.39 is 0 Å². The molecule has 0 saturated carbocycles. The Morgan fingerprint density at radius 3 is 2.65 bits per heavy atom. The van der Waals surface area contributed by atoms with Crippen molar-refractivity contribution >= 4 is 23.0 Å². The number of carbonyl (C=O) groups is 1. The van der Waals surface area contributed by atoms with Gasteiger partial charge in [-0.25, -0.2) is 5.43 Å². The first-order chi connectivity index (χ1) is 11.0. The number of aryl methyl sites for hydroxylation is 1. The monoisotopic (exact) mass is 332 g/mol. The van der Waals surface area contributed by atoms with E-state index in [2.05, 4.69) is 10.5 Å². The third-order valence-electron chi connectivity index (χ3n) is 3.15. The van der Waals surface area contributed by atoms with E-state index in [4.69, 9.17) is 9.47 Å². The molecule has 23 heavy (non-hydrogen) atoms. The van der Waals surface area contributed by atoms with Crippen LogP contribution in [-0.4, -0.2) is 25.3 Å². The van der Waals surface area contributed by atoms with Crippen LogP contribution in [-0.2, 0) is 0 Å². The van der Waals surface area contributed by atoms with E-state index >= 15 is 0 Å². The molecule has 0 unspecified atom stereocenters. The first-order valence-corrected chi connectivity index (χ1v) is 8.09. The van der Waals surface area contributed by atoms with Crippen LogP contribution in [0.1, 0.15) is 34.0 Å². The Hall–Kier alpha value is -2.34. The second-order valence-corrected chi connectivity index (χ2v) is 6.13. The van der Waals surface area contributed by atoms with Crippen LogP contribution < -0.4 is 14.9 Å². The summed E-state index contributed by atoms with van der Waals surface area (Å²) in [5, 5.41) is 4.15. The highest BCUT2D eigenvalue weighted by Gasteiger charge is 2.11. The number of methoxy groups -OCH3 is 1. The fourth-order valence-corrected chi connectivity index (χ4v) is 2.78. The van der Waals surface area contributed by atoms with Crippen LogP contribution in [0, 0.1) is 6.92 Å². The maximum atomic E-state index is 12.2. The number of hydrazone groups is 1. The van der Waals surface area contributed by atoms with Crippen LogP contribution in [0.3, 0.4) is 0 Å². The zero-order valence-electron chi connectivity index (χ0n) is 13.7. The van der Waals surface area contributed by atoms with Gasteiger partial charge in [0.05, 0.1) is 24.3 Å². The molecule has 1 aromatic heterocycles. The topological polar surface area (TPSA) is 59.9 Å². The van der Waals surface area contributed by atoms with Crippen molar-refractivity contribution in [3.63, 3.8) is 0 Å². The van der Waals surface area contributed by atoms with Crippen molar-refractivity contribution in [3.05, 3.63) is 45.6 Å². The maximum absolute atomic E-state index is 12.2. The molecule has 0 aliphatic rings. The predicted octanol–water partition coefficient (Wildman–Crippen LogP) is 3.62. The van der Waals surface area contributed by atoms with Crippen LogP contribution in [0.25, 0.3) is 0 Å². The summed E-state index contributed by atoms with van der Waals surface area (Å²) >= 11 is 1.64. The quantitative estimate of drug-likeness (QED) is 0.649. The summed E-state index contributed by atoms with van der Waals surface area (Å²) in [4.78, 5) is 14.5. The second-order valence-electron chi connectivity index (χ2n) is 4.85. The fourth-order valence-electron chi connectivity index (χ4n) is 1.97. The minimum absolute atomic E-state index is 0.293. The Morgan fingerprint density at radius 1 is 1.26 bits per heavy atom. The number of hydrogen-bond donors (Lipinski definition) is 1. The van der Waals surface area contributed by atoms with Gasteiger partial charge in [-0.2, -0.15) is 5.10 Å². The fraction of sp³-hybridized carbons (Fsp3) is 0.294. The van der Waals surface area contributed by atoms with Crippen LogP contribution in [0.4, 0.5) is 0 Å². The molecule has 1 aromatic carbocycles. The summed E-state index contributed by atoms with van der Waals surface area (Å²) in [5.41, 5.74) is 3.80. The van der Waals surface area contributed by atoms with E-state index in [1.54, 1.807) is 36.6 Å². The average Bonchev–Trinajstić information content (AvgIpc) is 2.99. The Kier molecular flexibility index (Phi) is 5.76. The van der Waals surface area contributed by atoms with Crippen molar-refractivity contribution in [2.45, 2.75) is 20.8 Å². The first-order valence-electron chi connectivity index (χ1n) is 7.27. The number of hydrogen-bond acceptors (Lipinski definition) is 5. The predicted molar refractivity (Wildman–Crippen MR) is 92.9 cm³/mol. The van der Waals surface area contributed by atoms with Gasteiger partial charge in [0.1, 0.15) is 0 Å². The summed E-state index contributed by atoms with van der Waals surface area (Å²) in [7, 11) is 1.54. The summed E-state index contributed by atoms with van der Waals surface area (Å²) in [6, 6.07) is 9.06. The van der Waals surface area contributed by atoms with E-state index in [0.717, 1.165) is 10.6 Å². The third-order valence-corrected chi connectivity index (χ3v) is 4.26. The van der Waals surface area contributed by atoms with Crippen molar-refractivity contribution in [2.75, 3.05) is 13.7 Å². The number of thiophene rings is 1. The normalized spacial score (nSPS) is 11.2. The van der Waals surface area contributed by atoms with E-state index in [9.17, 15) is 4.79 Å². The number of amides is 1. The minimum atomic E-state index is -0.293. The van der Waals surface area contributed by atoms with Gasteiger partial charge in [0.25, 0.3) is 5.91 Å². The SMILES string of the molecule is CCOc1ccc(C(=O)N/N=C(/C)c2ccc(C)s2)cc1OC. The second kappa shape index (κ2) is 7.78. The number of carbonyl (C=O) groups excluding carboxylic acids is 1. The summed E-state index contributed by atoms with van der Waals surface area (Å²) in [6.07, 6.45) is 0. The molecule has 2 rings (SSSR count). The number of nitrogens with zero attached hydrogens (tertiary/aromatic N) is 1. The van der Waals surface area contributed by atoms with E-state index in [-0.39, 0.29) is 5.91 Å². The van der Waals surface area contributed by atoms with Crippen molar-refractivity contribution in [2.24, 2.45) is 5.10 Å². The zero-order valence-corrected chi connectivity index (χ0v) is 14.5. The average molecular weight is 332 g/mol. The van der Waals surface area contributed by atoms with E-state index in [1.165, 1.54) is 4.88 Å². The minimum Gasteiger partial charge on any atom is -0.493 e. The molecule has 0 radical (unpaired) electrons. The molecular formula is C17H20N2O3S. The highest BCUT2D eigenvalue weighted by atomic mass is 32.1. The standard InChI is InChI=1S/C17H20N2O3S/c1-5-22-14-8-7-13(10-15(14)21-4)17(20)19-18-12(3)16-9-6-11(2)23-16/h6-10H,5H2,1-4H3,(H,19,20)/b18-12-. The van der Waals surface area contributed by atoms with Gasteiger partial charge in [-0.15, -0.1) is 11.3 Å². The molecule has 1 amide bonds. The maximum Gasteiger partial charge on any atom is 0.271 e. The highest BCUT2D eigenvalue weighted by molar-refractivity contribution is 7.14. The molecule has 0 bridgehead atoms. The van der Waals surface area contributed by atoms with Gasteiger partial charge in [0, 0.05) is 10.4 Å². The molecule has 0 saturated heterocycles. The number of rotatable bonds is 6. The molecule has 0 spiro atoms. The lowest BCUT2D eigenvalue weighted by atomic mass is 10.2. The lowest BCUT2D eigenvalue weighted by Gasteiger charge is -2.10. The van der Waals surface area contributed by atoms with Crippen LogP contribution in [0.5, 0.6) is 11.5 Å². The molecule has 1 N–H and O–H groups in total. The lowest BCUT2D eigenvalue weighted by molar-refractivity contribution is 0.0954. The Morgan fingerprint density at radius 2 is 2.04 bits per heavy atom.